The molecule has 0 amide bonds. The first-order chi connectivity index (χ1) is 19.7. The molecule has 0 spiro atoms. The van der Waals surface area contributed by atoms with Gasteiger partial charge < -0.3 is 10.4 Å². The summed E-state index contributed by atoms with van der Waals surface area (Å²) in [7, 11) is 0. The SMILES string of the molecule is C[C@]12CCC3=C4C(=CC(=O)CC4c4ccc(CNc5ccc(Cl)cc5)cc4)CC[C@H]3[C@@H]1CCC2(O)C(F)(F)C(F)(F)F. The minimum atomic E-state index is -5.83. The van der Waals surface area contributed by atoms with Crippen molar-refractivity contribution >= 4 is 23.1 Å². The monoisotopic (exact) mass is 605 g/mol. The summed E-state index contributed by atoms with van der Waals surface area (Å²) in [6, 6.07) is 15.5. The first kappa shape index (κ1) is 29.4. The average Bonchev–Trinajstić information content (AvgIpc) is 3.23. The molecule has 2 aromatic rings. The highest BCUT2D eigenvalue weighted by molar-refractivity contribution is 6.30. The number of carbonyl (C=O) groups is 1. The van der Waals surface area contributed by atoms with Gasteiger partial charge in [0.05, 0.1) is 0 Å². The Bertz CT molecular complexity index is 1450. The Balaban J connectivity index is 1.29. The molecule has 0 saturated heterocycles. The van der Waals surface area contributed by atoms with Crippen molar-refractivity contribution in [3.63, 3.8) is 0 Å². The van der Waals surface area contributed by atoms with Gasteiger partial charge in [-0.05, 0) is 103 Å². The third-order valence-corrected chi connectivity index (χ3v) is 10.8. The van der Waals surface area contributed by atoms with E-state index < -0.39 is 35.5 Å². The smallest absolute Gasteiger partial charge is 0.383 e. The summed E-state index contributed by atoms with van der Waals surface area (Å²) in [6.07, 6.45) is -2.82. The molecule has 2 N–H and O–H groups in total. The highest BCUT2D eigenvalue weighted by Gasteiger charge is 2.78. The molecule has 2 aromatic carbocycles. The Morgan fingerprint density at radius 1 is 0.976 bits per heavy atom. The number of nitrogens with one attached hydrogen (secondary N) is 1. The number of hydrogen-bond donors (Lipinski definition) is 2. The second-order valence-corrected chi connectivity index (χ2v) is 13.0. The third-order valence-electron chi connectivity index (χ3n) is 10.5. The number of halogens is 6. The van der Waals surface area contributed by atoms with Crippen molar-refractivity contribution in [2.75, 3.05) is 5.32 Å². The van der Waals surface area contributed by atoms with Gasteiger partial charge >= 0.3 is 12.1 Å². The van der Waals surface area contributed by atoms with Crippen LogP contribution in [0.1, 0.15) is 68.9 Å². The Kier molecular flexibility index (Phi) is 7.12. The molecule has 224 valence electrons. The predicted octanol–water partition coefficient (Wildman–Crippen LogP) is 8.78. The maximum absolute atomic E-state index is 14.8. The van der Waals surface area contributed by atoms with E-state index in [0.29, 0.717) is 30.8 Å². The van der Waals surface area contributed by atoms with Crippen LogP contribution in [0.5, 0.6) is 0 Å². The van der Waals surface area contributed by atoms with Crippen LogP contribution in [0.25, 0.3) is 0 Å². The lowest BCUT2D eigenvalue weighted by Crippen LogP contribution is -2.64. The van der Waals surface area contributed by atoms with Gasteiger partial charge in [0, 0.05) is 35.0 Å². The quantitative estimate of drug-likeness (QED) is 0.335. The zero-order chi connectivity index (χ0) is 30.1. The number of allylic oxidation sites excluding steroid dienone is 4. The van der Waals surface area contributed by atoms with E-state index in [1.54, 1.807) is 6.08 Å². The van der Waals surface area contributed by atoms with Gasteiger partial charge in [-0.3, -0.25) is 4.79 Å². The summed E-state index contributed by atoms with van der Waals surface area (Å²) in [5.41, 5.74) is 1.33. The number of hydrogen-bond acceptors (Lipinski definition) is 3. The average molecular weight is 606 g/mol. The van der Waals surface area contributed by atoms with Gasteiger partial charge in [0.15, 0.2) is 5.78 Å². The van der Waals surface area contributed by atoms with E-state index in [4.69, 9.17) is 11.6 Å². The number of ketones is 1. The molecule has 0 heterocycles. The molecule has 0 aliphatic heterocycles. The first-order valence-electron chi connectivity index (χ1n) is 14.5. The van der Waals surface area contributed by atoms with Crippen LogP contribution in [0.15, 0.2) is 71.3 Å². The van der Waals surface area contributed by atoms with Crippen LogP contribution < -0.4 is 5.32 Å². The predicted molar refractivity (Wildman–Crippen MR) is 151 cm³/mol. The molecule has 6 rings (SSSR count). The van der Waals surface area contributed by atoms with Crippen molar-refractivity contribution in [1.29, 1.82) is 0 Å². The van der Waals surface area contributed by atoms with Crippen LogP contribution >= 0.6 is 11.6 Å². The Morgan fingerprint density at radius 3 is 2.33 bits per heavy atom. The molecule has 4 aliphatic carbocycles. The van der Waals surface area contributed by atoms with Crippen LogP contribution in [0.2, 0.25) is 5.02 Å². The van der Waals surface area contributed by atoms with Gasteiger partial charge in [0.25, 0.3) is 0 Å². The summed E-state index contributed by atoms with van der Waals surface area (Å²) in [5, 5.41) is 15.1. The number of rotatable bonds is 5. The second kappa shape index (κ2) is 10.2. The summed E-state index contributed by atoms with van der Waals surface area (Å²) < 4.78 is 70.1. The van der Waals surface area contributed by atoms with Gasteiger partial charge in [-0.2, -0.15) is 22.0 Å². The molecule has 3 nitrogen and oxygen atoms in total. The van der Waals surface area contributed by atoms with Crippen LogP contribution in [-0.2, 0) is 11.3 Å². The maximum Gasteiger partial charge on any atom is 0.456 e. The Morgan fingerprint density at radius 2 is 1.67 bits per heavy atom. The number of anilines is 1. The van der Waals surface area contributed by atoms with Gasteiger partial charge in [0.1, 0.15) is 5.60 Å². The van der Waals surface area contributed by atoms with E-state index >= 15 is 0 Å². The third kappa shape index (κ3) is 4.52. The number of alkyl halides is 5. The van der Waals surface area contributed by atoms with E-state index in [1.165, 1.54) is 6.92 Å². The van der Waals surface area contributed by atoms with Crippen molar-refractivity contribution < 1.29 is 31.9 Å². The zero-order valence-corrected chi connectivity index (χ0v) is 24.0. The lowest BCUT2D eigenvalue weighted by molar-refractivity contribution is -0.362. The minimum absolute atomic E-state index is 0.0343. The lowest BCUT2D eigenvalue weighted by atomic mass is 9.53. The Labute approximate surface area is 246 Å². The molecule has 42 heavy (non-hydrogen) atoms. The van der Waals surface area contributed by atoms with Crippen molar-refractivity contribution in [2.24, 2.45) is 17.3 Å². The number of fused-ring (bicyclic) bond motifs is 4. The highest BCUT2D eigenvalue weighted by atomic mass is 35.5. The normalized spacial score (nSPS) is 31.3. The van der Waals surface area contributed by atoms with Crippen LogP contribution in [0.4, 0.5) is 27.6 Å². The van der Waals surface area contributed by atoms with E-state index in [2.05, 4.69) is 5.32 Å². The molecule has 0 bridgehead atoms. The molecule has 0 aromatic heterocycles. The molecule has 4 aliphatic rings. The fraction of sp³-hybridized carbons (Fsp3) is 0.485. The maximum atomic E-state index is 14.8. The van der Waals surface area contributed by atoms with Crippen LogP contribution in [0, 0.1) is 17.3 Å². The highest BCUT2D eigenvalue weighted by Crippen LogP contribution is 2.68. The van der Waals surface area contributed by atoms with Gasteiger partial charge in [-0.25, -0.2) is 0 Å². The van der Waals surface area contributed by atoms with Crippen LogP contribution in [0.3, 0.4) is 0 Å². The fourth-order valence-electron chi connectivity index (χ4n) is 8.33. The molecule has 9 heteroatoms. The second-order valence-electron chi connectivity index (χ2n) is 12.6. The standard InChI is InChI=1S/C33H33ClF5NO2/c1-30-14-12-26-25(28(30)13-15-31(30,42)32(35,36)33(37,38)39)11-6-21-16-24(41)17-27(29(21)26)20-4-2-19(3-5-20)18-40-23-9-7-22(34)8-10-23/h2-5,7-10,16,25,27-28,40,42H,6,11-15,17-18H2,1H3/t25-,27?,28+,30+,31?/m1/s1. The lowest BCUT2D eigenvalue weighted by Gasteiger charge is -2.53. The molecular weight excluding hydrogens is 573 g/mol. The van der Waals surface area contributed by atoms with Crippen molar-refractivity contribution in [3.8, 4) is 0 Å². The van der Waals surface area contributed by atoms with Crippen molar-refractivity contribution in [3.05, 3.63) is 87.5 Å². The van der Waals surface area contributed by atoms with Gasteiger partial charge in [-0.1, -0.05) is 48.4 Å². The summed E-state index contributed by atoms with van der Waals surface area (Å²) in [6.45, 7) is 2.02. The molecule has 5 atom stereocenters. The number of aliphatic hydroxyl groups is 1. The van der Waals surface area contributed by atoms with Crippen molar-refractivity contribution in [2.45, 2.75) is 82.0 Å². The zero-order valence-electron chi connectivity index (χ0n) is 23.2. The number of carbonyl (C=O) groups excluding carboxylic acids is 1. The largest absolute Gasteiger partial charge is 0.456 e. The number of benzene rings is 2. The molecule has 2 unspecified atom stereocenters. The Hall–Kier alpha value is -2.71. The summed E-state index contributed by atoms with van der Waals surface area (Å²) >= 11 is 5.96. The van der Waals surface area contributed by atoms with E-state index in [9.17, 15) is 31.9 Å². The van der Waals surface area contributed by atoms with Crippen molar-refractivity contribution in [1.82, 2.24) is 0 Å². The molecule has 2 fully saturated rings. The van der Waals surface area contributed by atoms with Crippen LogP contribution in [-0.4, -0.2) is 28.6 Å². The van der Waals surface area contributed by atoms with E-state index in [-0.39, 0.29) is 36.9 Å². The molecular formula is C33H33ClF5NO2. The minimum Gasteiger partial charge on any atom is -0.383 e. The summed E-state index contributed by atoms with van der Waals surface area (Å²) in [4.78, 5) is 12.8. The van der Waals surface area contributed by atoms with E-state index in [1.807, 2.05) is 48.5 Å². The summed E-state index contributed by atoms with van der Waals surface area (Å²) in [5.74, 6) is -6.06. The first-order valence-corrected chi connectivity index (χ1v) is 14.8. The van der Waals surface area contributed by atoms with E-state index in [0.717, 1.165) is 33.5 Å². The van der Waals surface area contributed by atoms with Gasteiger partial charge in [0.2, 0.25) is 0 Å². The topological polar surface area (TPSA) is 49.3 Å². The van der Waals surface area contributed by atoms with Gasteiger partial charge in [-0.15, -0.1) is 0 Å². The molecule has 0 radical (unpaired) electrons. The molecule has 2 saturated carbocycles. The fourth-order valence-corrected chi connectivity index (χ4v) is 8.45.